The summed E-state index contributed by atoms with van der Waals surface area (Å²) in [6.07, 6.45) is 0.0915. The molecular formula is C17H25NO4. The van der Waals surface area contributed by atoms with Crippen LogP contribution in [0, 0.1) is 0 Å². The Bertz CT molecular complexity index is 513. The van der Waals surface area contributed by atoms with E-state index in [9.17, 15) is 9.59 Å². The van der Waals surface area contributed by atoms with Crippen LogP contribution in [0.2, 0.25) is 0 Å². The zero-order valence-electron chi connectivity index (χ0n) is 13.7. The van der Waals surface area contributed by atoms with Gasteiger partial charge in [-0.1, -0.05) is 44.2 Å². The molecule has 1 aromatic rings. The van der Waals surface area contributed by atoms with Crippen LogP contribution < -0.4 is 5.32 Å². The number of amides is 1. The summed E-state index contributed by atoms with van der Waals surface area (Å²) in [4.78, 5) is 23.3. The van der Waals surface area contributed by atoms with E-state index in [1.807, 2.05) is 44.2 Å². The van der Waals surface area contributed by atoms with Gasteiger partial charge < -0.3 is 15.2 Å². The lowest BCUT2D eigenvalue weighted by atomic mass is 9.81. The van der Waals surface area contributed by atoms with Crippen LogP contribution in [0.5, 0.6) is 0 Å². The maximum atomic E-state index is 12.3. The maximum absolute atomic E-state index is 12.3. The lowest BCUT2D eigenvalue weighted by Crippen LogP contribution is -2.51. The van der Waals surface area contributed by atoms with Crippen molar-refractivity contribution in [2.75, 3.05) is 13.7 Å². The molecule has 5 heteroatoms. The Kier molecular flexibility index (Phi) is 6.11. The molecule has 0 saturated carbocycles. The molecule has 1 atom stereocenters. The topological polar surface area (TPSA) is 75.6 Å². The molecule has 122 valence electrons. The second kappa shape index (κ2) is 7.40. The molecule has 0 aliphatic carbocycles. The van der Waals surface area contributed by atoms with Crippen molar-refractivity contribution in [3.05, 3.63) is 35.9 Å². The van der Waals surface area contributed by atoms with E-state index < -0.39 is 11.5 Å². The van der Waals surface area contributed by atoms with E-state index >= 15 is 0 Å². The predicted molar refractivity (Wildman–Crippen MR) is 84.8 cm³/mol. The number of benzene rings is 1. The number of aliphatic carboxylic acids is 1. The highest BCUT2D eigenvalue weighted by atomic mass is 16.5. The molecule has 0 fully saturated rings. The molecular weight excluding hydrogens is 282 g/mol. The number of methoxy groups -OCH3 is 1. The molecule has 0 radical (unpaired) electrons. The summed E-state index contributed by atoms with van der Waals surface area (Å²) in [5, 5.41) is 11.8. The number of hydrogen-bond donors (Lipinski definition) is 2. The van der Waals surface area contributed by atoms with Gasteiger partial charge in [-0.25, -0.2) is 0 Å². The normalized spacial score (nSPS) is 14.2. The minimum absolute atomic E-state index is 0.150. The van der Waals surface area contributed by atoms with Gasteiger partial charge in [0.25, 0.3) is 0 Å². The average molecular weight is 307 g/mol. The fraction of sp³-hybridized carbons (Fsp3) is 0.529. The van der Waals surface area contributed by atoms with E-state index in [-0.39, 0.29) is 30.8 Å². The zero-order chi connectivity index (χ0) is 16.8. The Morgan fingerprint density at radius 2 is 1.73 bits per heavy atom. The predicted octanol–water partition coefficient (Wildman–Crippen LogP) is 2.35. The first kappa shape index (κ1) is 18.2. The minimum Gasteiger partial charge on any atom is -0.481 e. The van der Waals surface area contributed by atoms with E-state index in [0.29, 0.717) is 0 Å². The number of carboxylic acid groups (broad SMARTS) is 1. The average Bonchev–Trinajstić information content (AvgIpc) is 2.37. The van der Waals surface area contributed by atoms with Crippen LogP contribution in [0.15, 0.2) is 30.3 Å². The number of ether oxygens (including phenoxy) is 1. The number of carboxylic acids is 1. The number of carbonyl (C=O) groups excluding carboxylic acids is 1. The molecule has 5 nitrogen and oxygen atoms in total. The minimum atomic E-state index is -0.970. The third-order valence-electron chi connectivity index (χ3n) is 3.60. The summed E-state index contributed by atoms with van der Waals surface area (Å²) in [5.41, 5.74) is -0.177. The van der Waals surface area contributed by atoms with Gasteiger partial charge in [0.15, 0.2) is 0 Å². The van der Waals surface area contributed by atoms with E-state index in [1.165, 1.54) is 7.11 Å². The Hall–Kier alpha value is -1.88. The number of nitrogens with one attached hydrogen (secondary N) is 1. The largest absolute Gasteiger partial charge is 0.481 e. The van der Waals surface area contributed by atoms with E-state index in [4.69, 9.17) is 9.84 Å². The maximum Gasteiger partial charge on any atom is 0.305 e. The van der Waals surface area contributed by atoms with Crippen molar-refractivity contribution >= 4 is 11.9 Å². The summed E-state index contributed by atoms with van der Waals surface area (Å²) >= 11 is 0. The first-order valence-electron chi connectivity index (χ1n) is 7.26. The van der Waals surface area contributed by atoms with Gasteiger partial charge in [0.05, 0.1) is 18.6 Å². The molecule has 22 heavy (non-hydrogen) atoms. The Labute approximate surface area is 131 Å². The molecule has 1 unspecified atom stereocenters. The first-order valence-corrected chi connectivity index (χ1v) is 7.26. The first-order chi connectivity index (χ1) is 10.2. The fourth-order valence-electron chi connectivity index (χ4n) is 2.56. The summed E-state index contributed by atoms with van der Waals surface area (Å²) in [5.74, 6) is -1.16. The van der Waals surface area contributed by atoms with Crippen LogP contribution in [0.25, 0.3) is 0 Å². The highest BCUT2D eigenvalue weighted by molar-refractivity contribution is 5.79. The van der Waals surface area contributed by atoms with Crippen molar-refractivity contribution in [3.8, 4) is 0 Å². The van der Waals surface area contributed by atoms with Gasteiger partial charge in [0.2, 0.25) is 5.91 Å². The quantitative estimate of drug-likeness (QED) is 0.773. The molecule has 0 aliphatic heterocycles. The van der Waals surface area contributed by atoms with Crippen molar-refractivity contribution in [2.45, 2.75) is 44.6 Å². The Balaban J connectivity index is 2.77. The Morgan fingerprint density at radius 3 is 2.23 bits per heavy atom. The number of carbonyl (C=O) groups is 2. The summed E-state index contributed by atoms with van der Waals surface area (Å²) in [6, 6.07) is 9.78. The zero-order valence-corrected chi connectivity index (χ0v) is 13.7. The van der Waals surface area contributed by atoms with Crippen LogP contribution in [-0.2, 0) is 19.7 Å². The van der Waals surface area contributed by atoms with Gasteiger partial charge in [-0.3, -0.25) is 9.59 Å². The third-order valence-corrected chi connectivity index (χ3v) is 3.60. The van der Waals surface area contributed by atoms with Gasteiger partial charge >= 0.3 is 5.97 Å². The second-order valence-corrected chi connectivity index (χ2v) is 6.54. The van der Waals surface area contributed by atoms with Crippen molar-refractivity contribution in [3.63, 3.8) is 0 Å². The number of rotatable bonds is 8. The molecule has 1 rings (SSSR count). The lowest BCUT2D eigenvalue weighted by Gasteiger charge is -2.31. The smallest absolute Gasteiger partial charge is 0.305 e. The van der Waals surface area contributed by atoms with Gasteiger partial charge in [0.1, 0.15) is 0 Å². The van der Waals surface area contributed by atoms with Crippen molar-refractivity contribution in [2.24, 2.45) is 0 Å². The molecule has 0 heterocycles. The number of hydrogen-bond acceptors (Lipinski definition) is 3. The molecule has 0 aliphatic rings. The van der Waals surface area contributed by atoms with Crippen molar-refractivity contribution < 1.29 is 19.4 Å². The fourth-order valence-corrected chi connectivity index (χ4v) is 2.56. The highest BCUT2D eigenvalue weighted by Crippen LogP contribution is 2.27. The molecule has 0 saturated heterocycles. The third kappa shape index (κ3) is 5.48. The molecule has 1 amide bonds. The molecule has 0 bridgehead atoms. The van der Waals surface area contributed by atoms with E-state index in [0.717, 1.165) is 5.56 Å². The van der Waals surface area contributed by atoms with Crippen LogP contribution >= 0.6 is 0 Å². The van der Waals surface area contributed by atoms with E-state index in [2.05, 4.69) is 5.32 Å². The van der Waals surface area contributed by atoms with Crippen LogP contribution in [0.1, 0.15) is 39.2 Å². The summed E-state index contributed by atoms with van der Waals surface area (Å²) < 4.78 is 5.05. The van der Waals surface area contributed by atoms with Gasteiger partial charge in [-0.15, -0.1) is 0 Å². The second-order valence-electron chi connectivity index (χ2n) is 6.54. The highest BCUT2D eigenvalue weighted by Gasteiger charge is 2.32. The van der Waals surface area contributed by atoms with Crippen LogP contribution in [0.4, 0.5) is 0 Å². The molecule has 0 spiro atoms. The molecule has 0 aromatic heterocycles. The summed E-state index contributed by atoms with van der Waals surface area (Å²) in [7, 11) is 1.49. The molecule has 2 N–H and O–H groups in total. The van der Waals surface area contributed by atoms with Crippen molar-refractivity contribution in [1.29, 1.82) is 0 Å². The van der Waals surface area contributed by atoms with E-state index in [1.54, 1.807) is 6.92 Å². The monoisotopic (exact) mass is 307 g/mol. The van der Waals surface area contributed by atoms with Gasteiger partial charge in [0, 0.05) is 13.5 Å². The van der Waals surface area contributed by atoms with Crippen LogP contribution in [-0.4, -0.2) is 36.2 Å². The van der Waals surface area contributed by atoms with Gasteiger partial charge in [-0.2, -0.15) is 0 Å². The van der Waals surface area contributed by atoms with Gasteiger partial charge in [-0.05, 0) is 17.9 Å². The van der Waals surface area contributed by atoms with Crippen molar-refractivity contribution in [1.82, 2.24) is 5.32 Å². The van der Waals surface area contributed by atoms with Crippen LogP contribution in [0.3, 0.4) is 0 Å². The SMILES string of the molecule is COCC(C)(CC(=O)O)NC(=O)CC(C)(C)c1ccccc1. The Morgan fingerprint density at radius 1 is 1.14 bits per heavy atom. The lowest BCUT2D eigenvalue weighted by molar-refractivity contribution is -0.139. The molecule has 1 aromatic carbocycles. The summed E-state index contributed by atoms with van der Waals surface area (Å²) in [6.45, 7) is 5.81. The standard InChI is InChI=1S/C17H25NO4/c1-16(2,13-8-6-5-7-9-13)10-14(19)18-17(3,12-22-4)11-15(20)21/h5-9H,10-12H2,1-4H3,(H,18,19)(H,20,21).